The lowest BCUT2D eigenvalue weighted by Gasteiger charge is -2.17. The lowest BCUT2D eigenvalue weighted by molar-refractivity contribution is -0.134. The molecule has 0 spiro atoms. The minimum absolute atomic E-state index is 0.0414. The van der Waals surface area contributed by atoms with Crippen LogP contribution in [0.3, 0.4) is 0 Å². The molecule has 1 aromatic carbocycles. The number of halogens is 2. The van der Waals surface area contributed by atoms with Crippen LogP contribution in [0.1, 0.15) is 20.3 Å². The number of aliphatic carboxylic acids is 2. The van der Waals surface area contributed by atoms with Crippen LogP contribution in [0.15, 0.2) is 42.0 Å². The number of hydrogen-bond acceptors (Lipinski definition) is 4. The first-order valence-electron chi connectivity index (χ1n) is 7.71. The first-order chi connectivity index (χ1) is 12.1. The summed E-state index contributed by atoms with van der Waals surface area (Å²) in [4.78, 5) is 19.1. The summed E-state index contributed by atoms with van der Waals surface area (Å²) in [6.07, 6.45) is 4.17. The van der Waals surface area contributed by atoms with Crippen molar-refractivity contribution in [2.45, 2.75) is 26.4 Å². The van der Waals surface area contributed by atoms with E-state index in [4.69, 9.17) is 38.2 Å². The third kappa shape index (κ3) is 12.4. The molecule has 6 nitrogen and oxygen atoms in total. The highest BCUT2D eigenvalue weighted by molar-refractivity contribution is 6.42. The van der Waals surface area contributed by atoms with E-state index in [9.17, 15) is 9.59 Å². The maximum absolute atomic E-state index is 9.55. The second-order valence-electron chi connectivity index (χ2n) is 5.38. The van der Waals surface area contributed by atoms with Crippen LogP contribution in [0.5, 0.6) is 5.75 Å². The number of allylic oxidation sites excluding steroid dienone is 1. The highest BCUT2D eigenvalue weighted by Crippen LogP contribution is 2.27. The van der Waals surface area contributed by atoms with Crippen LogP contribution in [0.4, 0.5) is 0 Å². The van der Waals surface area contributed by atoms with Crippen LogP contribution in [-0.4, -0.2) is 41.8 Å². The predicted molar refractivity (Wildman–Crippen MR) is 103 cm³/mol. The summed E-state index contributed by atoms with van der Waals surface area (Å²) in [5.41, 5.74) is 1.23. The van der Waals surface area contributed by atoms with Gasteiger partial charge in [0, 0.05) is 24.6 Å². The molecular formula is C18H23Cl2NO5. The van der Waals surface area contributed by atoms with Gasteiger partial charge >= 0.3 is 11.9 Å². The summed E-state index contributed by atoms with van der Waals surface area (Å²) in [7, 11) is 1.93. The minimum Gasteiger partial charge on any atom is -0.486 e. The molecule has 1 aromatic rings. The van der Waals surface area contributed by atoms with E-state index >= 15 is 0 Å². The van der Waals surface area contributed by atoms with Gasteiger partial charge in [-0.1, -0.05) is 28.8 Å². The largest absolute Gasteiger partial charge is 0.486 e. The summed E-state index contributed by atoms with van der Waals surface area (Å²) in [6.45, 7) is 5.02. The van der Waals surface area contributed by atoms with Gasteiger partial charge in [0.1, 0.15) is 11.9 Å². The molecule has 0 fully saturated rings. The predicted octanol–water partition coefficient (Wildman–Crippen LogP) is 4.03. The summed E-state index contributed by atoms with van der Waals surface area (Å²) >= 11 is 11.8. The van der Waals surface area contributed by atoms with Crippen LogP contribution >= 0.6 is 23.2 Å². The molecule has 0 aliphatic heterocycles. The Kier molecular flexibility index (Phi) is 12.2. The molecule has 1 atom stereocenters. The topological polar surface area (TPSA) is 95.9 Å². The summed E-state index contributed by atoms with van der Waals surface area (Å²) in [5.74, 6) is -1.78. The average Bonchev–Trinajstić information content (AvgIpc) is 2.54. The highest BCUT2D eigenvalue weighted by atomic mass is 35.5. The first kappa shape index (κ1) is 24.0. The molecule has 0 aliphatic rings. The molecule has 0 radical (unpaired) electrons. The number of carboxylic acids is 2. The van der Waals surface area contributed by atoms with E-state index in [0.29, 0.717) is 22.2 Å². The van der Waals surface area contributed by atoms with Gasteiger partial charge in [0.2, 0.25) is 0 Å². The average molecular weight is 404 g/mol. The molecule has 26 heavy (non-hydrogen) atoms. The van der Waals surface area contributed by atoms with Crippen LogP contribution in [-0.2, 0) is 9.59 Å². The first-order valence-corrected chi connectivity index (χ1v) is 8.46. The normalized spacial score (nSPS) is 11.3. The maximum atomic E-state index is 9.55. The van der Waals surface area contributed by atoms with Crippen molar-refractivity contribution < 1.29 is 24.5 Å². The molecule has 0 aromatic heterocycles. The van der Waals surface area contributed by atoms with Crippen molar-refractivity contribution in [3.8, 4) is 5.75 Å². The summed E-state index contributed by atoms with van der Waals surface area (Å²) in [5, 5.41) is 19.8. The Morgan fingerprint density at radius 1 is 1.15 bits per heavy atom. The standard InChI is InChI=1S/C14H19Cl2NO.C4H4O4/c1-10(2)8-12(6-7-17-3)18-11-4-5-13(15)14(16)9-11;5-3(6)1-2-4(7)8/h4-5,8-9,12,17H,6-7H2,1-3H3;1-2H,(H,5,6)(H,7,8)/b;2-1+. The lowest BCUT2D eigenvalue weighted by Crippen LogP contribution is -2.21. The fourth-order valence-corrected chi connectivity index (χ4v) is 1.99. The highest BCUT2D eigenvalue weighted by Gasteiger charge is 2.08. The third-order valence-corrected chi connectivity index (χ3v) is 3.48. The molecule has 8 heteroatoms. The van der Waals surface area contributed by atoms with Crippen LogP contribution < -0.4 is 10.1 Å². The number of benzene rings is 1. The second-order valence-corrected chi connectivity index (χ2v) is 6.19. The quantitative estimate of drug-likeness (QED) is 0.447. The van der Waals surface area contributed by atoms with Gasteiger partial charge in [-0.25, -0.2) is 9.59 Å². The van der Waals surface area contributed by atoms with Crippen LogP contribution in [0.2, 0.25) is 10.0 Å². The fraction of sp³-hybridized carbons (Fsp3) is 0.333. The van der Waals surface area contributed by atoms with Crippen molar-refractivity contribution in [3.63, 3.8) is 0 Å². The van der Waals surface area contributed by atoms with Crippen molar-refractivity contribution in [2.75, 3.05) is 13.6 Å². The van der Waals surface area contributed by atoms with E-state index in [-0.39, 0.29) is 6.10 Å². The van der Waals surface area contributed by atoms with Crippen molar-refractivity contribution in [2.24, 2.45) is 0 Å². The Labute approximate surface area is 163 Å². The van der Waals surface area contributed by atoms with Gasteiger partial charge in [0.25, 0.3) is 0 Å². The molecule has 1 unspecified atom stereocenters. The Morgan fingerprint density at radius 3 is 2.15 bits per heavy atom. The van der Waals surface area contributed by atoms with E-state index < -0.39 is 11.9 Å². The van der Waals surface area contributed by atoms with Gasteiger partial charge in [-0.3, -0.25) is 0 Å². The van der Waals surface area contributed by atoms with E-state index in [1.54, 1.807) is 12.1 Å². The van der Waals surface area contributed by atoms with Crippen LogP contribution in [0, 0.1) is 0 Å². The van der Waals surface area contributed by atoms with E-state index in [1.807, 2.05) is 13.1 Å². The zero-order chi connectivity index (χ0) is 20.1. The molecule has 0 saturated heterocycles. The lowest BCUT2D eigenvalue weighted by atomic mass is 10.2. The molecule has 0 aliphatic carbocycles. The Hall–Kier alpha value is -2.02. The molecule has 0 saturated carbocycles. The fourth-order valence-electron chi connectivity index (χ4n) is 1.70. The number of carboxylic acid groups (broad SMARTS) is 2. The minimum atomic E-state index is -1.26. The zero-order valence-electron chi connectivity index (χ0n) is 14.8. The number of ether oxygens (including phenoxy) is 1. The number of carbonyl (C=O) groups is 2. The molecule has 0 heterocycles. The van der Waals surface area contributed by atoms with Gasteiger partial charge in [0.05, 0.1) is 10.0 Å². The zero-order valence-corrected chi connectivity index (χ0v) is 16.3. The summed E-state index contributed by atoms with van der Waals surface area (Å²) in [6, 6.07) is 5.32. The molecule has 0 bridgehead atoms. The van der Waals surface area contributed by atoms with E-state index in [1.165, 1.54) is 5.57 Å². The number of nitrogens with one attached hydrogen (secondary N) is 1. The van der Waals surface area contributed by atoms with Gasteiger partial charge in [-0.15, -0.1) is 0 Å². The molecule has 0 amide bonds. The van der Waals surface area contributed by atoms with Crippen molar-refractivity contribution >= 4 is 35.1 Å². The number of rotatable bonds is 8. The van der Waals surface area contributed by atoms with Gasteiger partial charge in [0.15, 0.2) is 0 Å². The smallest absolute Gasteiger partial charge is 0.328 e. The maximum Gasteiger partial charge on any atom is 0.328 e. The Bertz CT molecular complexity index is 639. The molecular weight excluding hydrogens is 381 g/mol. The van der Waals surface area contributed by atoms with Crippen molar-refractivity contribution in [1.82, 2.24) is 5.32 Å². The Balaban J connectivity index is 0.000000660. The summed E-state index contributed by atoms with van der Waals surface area (Å²) < 4.78 is 5.90. The third-order valence-electron chi connectivity index (χ3n) is 2.75. The number of hydrogen-bond donors (Lipinski definition) is 3. The van der Waals surface area contributed by atoms with E-state index in [2.05, 4.69) is 25.2 Å². The van der Waals surface area contributed by atoms with Gasteiger partial charge < -0.3 is 20.3 Å². The molecule has 144 valence electrons. The molecule has 3 N–H and O–H groups in total. The van der Waals surface area contributed by atoms with Crippen LogP contribution in [0.25, 0.3) is 0 Å². The Morgan fingerprint density at radius 2 is 1.73 bits per heavy atom. The second kappa shape index (κ2) is 13.2. The van der Waals surface area contributed by atoms with Crippen molar-refractivity contribution in [1.29, 1.82) is 0 Å². The SMILES string of the molecule is CNCCC(C=C(C)C)Oc1ccc(Cl)c(Cl)c1.O=C(O)/C=C/C(=O)O. The van der Waals surface area contributed by atoms with E-state index in [0.717, 1.165) is 18.7 Å². The van der Waals surface area contributed by atoms with Crippen molar-refractivity contribution in [3.05, 3.63) is 52.0 Å². The van der Waals surface area contributed by atoms with Gasteiger partial charge in [-0.05, 0) is 45.6 Å². The molecule has 1 rings (SSSR count). The monoisotopic (exact) mass is 403 g/mol. The van der Waals surface area contributed by atoms with Gasteiger partial charge in [-0.2, -0.15) is 0 Å².